The topological polar surface area (TPSA) is 49.6 Å². The van der Waals surface area contributed by atoms with Crippen LogP contribution in [0.3, 0.4) is 0 Å². The van der Waals surface area contributed by atoms with Gasteiger partial charge in [-0.3, -0.25) is 9.69 Å². The minimum Gasteiger partial charge on any atom is -0.396 e. The number of hydrogen-bond donors (Lipinski definition) is 1. The summed E-state index contributed by atoms with van der Waals surface area (Å²) < 4.78 is 0. The van der Waals surface area contributed by atoms with Gasteiger partial charge in [0, 0.05) is 24.7 Å². The van der Waals surface area contributed by atoms with Gasteiger partial charge >= 0.3 is 0 Å². The lowest BCUT2D eigenvalue weighted by Crippen LogP contribution is -2.38. The highest BCUT2D eigenvalue weighted by molar-refractivity contribution is 6.39. The Kier molecular flexibility index (Phi) is 5.36. The van der Waals surface area contributed by atoms with E-state index < -0.39 is 0 Å². The van der Waals surface area contributed by atoms with Crippen LogP contribution in [0.25, 0.3) is 0 Å². The standard InChI is InChI=1S/C15H21Cl2N3O/c1-3-19(4-2)11-5-6-20(9-11)15(21)10-7-12(16)14(18)13(17)8-10/h7-8,11H,3-6,9,18H2,1-2H3. The number of likely N-dealkylation sites (tertiary alicyclic amines) is 1. The fourth-order valence-electron chi connectivity index (χ4n) is 2.85. The maximum atomic E-state index is 12.6. The molecule has 4 nitrogen and oxygen atoms in total. The largest absolute Gasteiger partial charge is 0.396 e. The summed E-state index contributed by atoms with van der Waals surface area (Å²) in [6.45, 7) is 7.81. The Morgan fingerprint density at radius 3 is 2.43 bits per heavy atom. The third-order valence-electron chi connectivity index (χ3n) is 4.11. The lowest BCUT2D eigenvalue weighted by molar-refractivity contribution is 0.0778. The summed E-state index contributed by atoms with van der Waals surface area (Å²) in [4.78, 5) is 16.8. The molecule has 1 atom stereocenters. The average Bonchev–Trinajstić information content (AvgIpc) is 2.94. The van der Waals surface area contributed by atoms with Gasteiger partial charge in [0.25, 0.3) is 5.91 Å². The second kappa shape index (κ2) is 6.86. The van der Waals surface area contributed by atoms with Crippen molar-refractivity contribution in [1.82, 2.24) is 9.80 Å². The number of anilines is 1. The number of carbonyl (C=O) groups excluding carboxylic acids is 1. The number of nitrogens with two attached hydrogens (primary N) is 1. The smallest absolute Gasteiger partial charge is 0.254 e. The van der Waals surface area contributed by atoms with Gasteiger partial charge in [0.15, 0.2) is 0 Å². The second-order valence-corrected chi connectivity index (χ2v) is 6.08. The van der Waals surface area contributed by atoms with Crippen LogP contribution in [0.1, 0.15) is 30.6 Å². The molecule has 1 aromatic carbocycles. The van der Waals surface area contributed by atoms with Gasteiger partial charge in [0.2, 0.25) is 0 Å². The fraction of sp³-hybridized carbons (Fsp3) is 0.533. The van der Waals surface area contributed by atoms with Crippen molar-refractivity contribution < 1.29 is 4.79 Å². The van der Waals surface area contributed by atoms with E-state index in [4.69, 9.17) is 28.9 Å². The Balaban J connectivity index is 2.12. The maximum absolute atomic E-state index is 12.6. The molecule has 1 amide bonds. The van der Waals surface area contributed by atoms with E-state index in [1.54, 1.807) is 12.1 Å². The highest BCUT2D eigenvalue weighted by Gasteiger charge is 2.30. The van der Waals surface area contributed by atoms with E-state index in [9.17, 15) is 4.79 Å². The van der Waals surface area contributed by atoms with Crippen molar-refractivity contribution in [2.24, 2.45) is 0 Å². The molecule has 1 aliphatic rings. The molecule has 1 unspecified atom stereocenters. The number of amides is 1. The molecule has 1 saturated heterocycles. The number of nitrogens with zero attached hydrogens (tertiary/aromatic N) is 2. The van der Waals surface area contributed by atoms with E-state index in [-0.39, 0.29) is 5.91 Å². The van der Waals surface area contributed by atoms with Crippen molar-refractivity contribution in [2.75, 3.05) is 31.9 Å². The molecule has 0 spiro atoms. The summed E-state index contributed by atoms with van der Waals surface area (Å²) in [5.74, 6) is -0.0338. The number of rotatable bonds is 4. The molecule has 2 N–H and O–H groups in total. The van der Waals surface area contributed by atoms with Crippen molar-refractivity contribution in [2.45, 2.75) is 26.3 Å². The molecule has 0 aliphatic carbocycles. The molecular formula is C15H21Cl2N3O. The Morgan fingerprint density at radius 2 is 1.90 bits per heavy atom. The van der Waals surface area contributed by atoms with Crippen LogP contribution in [-0.2, 0) is 0 Å². The van der Waals surface area contributed by atoms with Crippen molar-refractivity contribution in [3.63, 3.8) is 0 Å². The molecule has 1 fully saturated rings. The maximum Gasteiger partial charge on any atom is 0.254 e. The van der Waals surface area contributed by atoms with Gasteiger partial charge in [-0.1, -0.05) is 37.0 Å². The van der Waals surface area contributed by atoms with E-state index in [0.717, 1.165) is 32.6 Å². The first-order valence-electron chi connectivity index (χ1n) is 7.25. The van der Waals surface area contributed by atoms with Crippen LogP contribution in [0, 0.1) is 0 Å². The zero-order valence-electron chi connectivity index (χ0n) is 12.4. The normalized spacial score (nSPS) is 18.5. The molecule has 0 saturated carbocycles. The van der Waals surface area contributed by atoms with Crippen LogP contribution in [0.4, 0.5) is 5.69 Å². The zero-order chi connectivity index (χ0) is 15.6. The summed E-state index contributed by atoms with van der Waals surface area (Å²) in [6, 6.07) is 3.62. The predicted molar refractivity (Wildman–Crippen MR) is 88.1 cm³/mol. The average molecular weight is 330 g/mol. The molecule has 21 heavy (non-hydrogen) atoms. The fourth-order valence-corrected chi connectivity index (χ4v) is 3.34. The van der Waals surface area contributed by atoms with Crippen LogP contribution in [0.2, 0.25) is 10.0 Å². The Bertz CT molecular complexity index is 509. The molecule has 0 aromatic heterocycles. The summed E-state index contributed by atoms with van der Waals surface area (Å²) in [5.41, 5.74) is 6.52. The van der Waals surface area contributed by atoms with Gasteiger partial charge in [-0.15, -0.1) is 0 Å². The molecule has 6 heteroatoms. The molecule has 1 aromatic rings. The first-order chi connectivity index (χ1) is 9.97. The summed E-state index contributed by atoms with van der Waals surface area (Å²) in [7, 11) is 0. The first-order valence-corrected chi connectivity index (χ1v) is 8.01. The minimum atomic E-state index is -0.0338. The molecule has 2 rings (SSSR count). The van der Waals surface area contributed by atoms with Crippen molar-refractivity contribution in [3.8, 4) is 0 Å². The van der Waals surface area contributed by atoms with E-state index >= 15 is 0 Å². The molecule has 1 aliphatic heterocycles. The number of nitrogen functional groups attached to an aromatic ring is 1. The summed E-state index contributed by atoms with van der Waals surface area (Å²) in [6.07, 6.45) is 1.00. The molecule has 0 bridgehead atoms. The quantitative estimate of drug-likeness (QED) is 0.863. The van der Waals surface area contributed by atoms with Crippen molar-refractivity contribution >= 4 is 34.8 Å². The van der Waals surface area contributed by atoms with E-state index in [0.29, 0.717) is 27.3 Å². The summed E-state index contributed by atoms with van der Waals surface area (Å²) >= 11 is 12.0. The predicted octanol–water partition coefficient (Wildman–Crippen LogP) is 3.13. The minimum absolute atomic E-state index is 0.0338. The van der Waals surface area contributed by atoms with Gasteiger partial charge < -0.3 is 10.6 Å². The van der Waals surface area contributed by atoms with Gasteiger partial charge in [0.05, 0.1) is 15.7 Å². The SMILES string of the molecule is CCN(CC)C1CCN(C(=O)c2cc(Cl)c(N)c(Cl)c2)C1. The summed E-state index contributed by atoms with van der Waals surface area (Å²) in [5, 5.41) is 0.649. The number of benzene rings is 1. The van der Waals surface area contributed by atoms with E-state index in [1.165, 1.54) is 0 Å². The second-order valence-electron chi connectivity index (χ2n) is 5.27. The number of likely N-dealkylation sites (N-methyl/N-ethyl adjacent to an activating group) is 1. The van der Waals surface area contributed by atoms with E-state index in [2.05, 4.69) is 18.7 Å². The lowest BCUT2D eigenvalue weighted by atomic mass is 10.2. The Morgan fingerprint density at radius 1 is 1.33 bits per heavy atom. The third-order valence-corrected chi connectivity index (χ3v) is 4.73. The lowest BCUT2D eigenvalue weighted by Gasteiger charge is -2.26. The van der Waals surface area contributed by atoms with Gasteiger partial charge in [0.1, 0.15) is 0 Å². The highest BCUT2D eigenvalue weighted by atomic mass is 35.5. The molecular weight excluding hydrogens is 309 g/mol. The van der Waals surface area contributed by atoms with Crippen LogP contribution < -0.4 is 5.73 Å². The Hall–Kier alpha value is -0.970. The van der Waals surface area contributed by atoms with Crippen LogP contribution in [0.5, 0.6) is 0 Å². The highest BCUT2D eigenvalue weighted by Crippen LogP contribution is 2.30. The monoisotopic (exact) mass is 329 g/mol. The third kappa shape index (κ3) is 3.44. The van der Waals surface area contributed by atoms with Crippen molar-refractivity contribution in [3.05, 3.63) is 27.7 Å². The van der Waals surface area contributed by atoms with Gasteiger partial charge in [-0.25, -0.2) is 0 Å². The van der Waals surface area contributed by atoms with Crippen LogP contribution in [-0.4, -0.2) is 47.9 Å². The number of hydrogen-bond acceptors (Lipinski definition) is 3. The molecule has 116 valence electrons. The zero-order valence-corrected chi connectivity index (χ0v) is 13.9. The van der Waals surface area contributed by atoms with Gasteiger partial charge in [-0.05, 0) is 31.6 Å². The number of halogens is 2. The molecule has 0 radical (unpaired) electrons. The molecule has 1 heterocycles. The van der Waals surface area contributed by atoms with Gasteiger partial charge in [-0.2, -0.15) is 0 Å². The van der Waals surface area contributed by atoms with Crippen LogP contribution in [0.15, 0.2) is 12.1 Å². The number of carbonyl (C=O) groups is 1. The first kappa shape index (κ1) is 16.4. The van der Waals surface area contributed by atoms with E-state index in [1.807, 2.05) is 4.90 Å². The van der Waals surface area contributed by atoms with Crippen LogP contribution >= 0.6 is 23.2 Å². The van der Waals surface area contributed by atoms with Crippen molar-refractivity contribution in [1.29, 1.82) is 0 Å². The Labute approximate surface area is 135 Å².